The van der Waals surface area contributed by atoms with Crippen molar-refractivity contribution in [3.05, 3.63) is 24.7 Å². The fourth-order valence-corrected chi connectivity index (χ4v) is 2.68. The highest BCUT2D eigenvalue weighted by atomic mass is 16.1. The van der Waals surface area contributed by atoms with Crippen LogP contribution in [0.4, 0.5) is 5.82 Å². The van der Waals surface area contributed by atoms with Crippen LogP contribution >= 0.6 is 0 Å². The molecule has 0 atom stereocenters. The predicted molar refractivity (Wildman–Crippen MR) is 71.6 cm³/mol. The van der Waals surface area contributed by atoms with Crippen molar-refractivity contribution in [1.82, 2.24) is 14.6 Å². The first kappa shape index (κ1) is 12.0. The molecule has 2 heterocycles. The van der Waals surface area contributed by atoms with Crippen LogP contribution in [0.3, 0.4) is 0 Å². The van der Waals surface area contributed by atoms with Crippen LogP contribution in [0, 0.1) is 5.92 Å². The molecule has 1 aliphatic rings. The molecule has 100 valence electrons. The average molecular weight is 259 g/mol. The quantitative estimate of drug-likeness (QED) is 0.867. The molecule has 3 rings (SSSR count). The van der Waals surface area contributed by atoms with Gasteiger partial charge in [-0.25, -0.2) is 9.50 Å². The van der Waals surface area contributed by atoms with Crippen LogP contribution in [-0.2, 0) is 4.79 Å². The lowest BCUT2D eigenvalue weighted by atomic mass is 9.85. The van der Waals surface area contributed by atoms with Crippen molar-refractivity contribution in [2.24, 2.45) is 11.7 Å². The highest BCUT2D eigenvalue weighted by Gasteiger charge is 2.25. The predicted octanol–water partition coefficient (Wildman–Crippen LogP) is 1.19. The molecule has 1 aliphatic carbocycles. The number of rotatable bonds is 3. The lowest BCUT2D eigenvalue weighted by molar-refractivity contribution is -0.122. The molecule has 0 aromatic carbocycles. The maximum absolute atomic E-state index is 11.1. The van der Waals surface area contributed by atoms with Crippen molar-refractivity contribution in [1.29, 1.82) is 0 Å². The monoisotopic (exact) mass is 259 g/mol. The number of primary amides is 1. The van der Waals surface area contributed by atoms with Gasteiger partial charge in [-0.3, -0.25) is 4.79 Å². The highest BCUT2D eigenvalue weighted by Crippen LogP contribution is 2.26. The van der Waals surface area contributed by atoms with Crippen molar-refractivity contribution in [2.75, 3.05) is 5.32 Å². The molecule has 0 radical (unpaired) electrons. The van der Waals surface area contributed by atoms with E-state index in [0.29, 0.717) is 6.04 Å². The van der Waals surface area contributed by atoms with E-state index in [2.05, 4.69) is 15.4 Å². The Kier molecular flexibility index (Phi) is 3.06. The fourth-order valence-electron chi connectivity index (χ4n) is 2.68. The molecule has 2 aromatic rings. The molecule has 19 heavy (non-hydrogen) atoms. The number of carbonyl (C=O) groups is 1. The summed E-state index contributed by atoms with van der Waals surface area (Å²) in [5, 5.41) is 7.63. The normalized spacial score (nSPS) is 23.4. The van der Waals surface area contributed by atoms with Crippen molar-refractivity contribution in [3.8, 4) is 0 Å². The summed E-state index contributed by atoms with van der Waals surface area (Å²) in [6.07, 6.45) is 8.92. The Labute approximate surface area is 111 Å². The molecule has 0 saturated heterocycles. The van der Waals surface area contributed by atoms with Crippen molar-refractivity contribution < 1.29 is 4.79 Å². The summed E-state index contributed by atoms with van der Waals surface area (Å²) in [6.45, 7) is 0. The van der Waals surface area contributed by atoms with Crippen LogP contribution in [0.2, 0.25) is 0 Å². The number of amides is 1. The van der Waals surface area contributed by atoms with Gasteiger partial charge in [0, 0.05) is 24.4 Å². The molecule has 1 saturated carbocycles. The average Bonchev–Trinajstić information content (AvgIpc) is 2.89. The number of nitrogens with zero attached hydrogens (tertiary/aromatic N) is 3. The Bertz CT molecular complexity index is 585. The van der Waals surface area contributed by atoms with Gasteiger partial charge in [-0.1, -0.05) is 0 Å². The summed E-state index contributed by atoms with van der Waals surface area (Å²) in [4.78, 5) is 15.5. The highest BCUT2D eigenvalue weighted by molar-refractivity contribution is 5.76. The van der Waals surface area contributed by atoms with Gasteiger partial charge in [-0.2, -0.15) is 5.10 Å². The third-order valence-corrected chi connectivity index (χ3v) is 3.79. The molecular formula is C13H17N5O. The molecule has 1 fully saturated rings. The van der Waals surface area contributed by atoms with E-state index in [4.69, 9.17) is 5.73 Å². The van der Waals surface area contributed by atoms with Crippen LogP contribution in [0.25, 0.3) is 5.52 Å². The number of hydrogen-bond donors (Lipinski definition) is 2. The van der Waals surface area contributed by atoms with E-state index in [1.165, 1.54) is 0 Å². The fraction of sp³-hybridized carbons (Fsp3) is 0.462. The molecule has 0 unspecified atom stereocenters. The van der Waals surface area contributed by atoms with Gasteiger partial charge in [0.1, 0.15) is 5.52 Å². The molecule has 0 spiro atoms. The molecule has 2 aromatic heterocycles. The van der Waals surface area contributed by atoms with E-state index in [0.717, 1.165) is 37.0 Å². The van der Waals surface area contributed by atoms with Crippen molar-refractivity contribution in [3.63, 3.8) is 0 Å². The number of nitrogens with one attached hydrogen (secondary N) is 1. The Morgan fingerprint density at radius 3 is 2.84 bits per heavy atom. The van der Waals surface area contributed by atoms with Gasteiger partial charge >= 0.3 is 0 Å². The van der Waals surface area contributed by atoms with Crippen LogP contribution in [0.15, 0.2) is 24.7 Å². The van der Waals surface area contributed by atoms with Crippen LogP contribution in [-0.4, -0.2) is 26.5 Å². The van der Waals surface area contributed by atoms with Gasteiger partial charge in [0.05, 0.1) is 6.20 Å². The van der Waals surface area contributed by atoms with Crippen molar-refractivity contribution >= 4 is 17.2 Å². The van der Waals surface area contributed by atoms with E-state index < -0.39 is 0 Å². The van der Waals surface area contributed by atoms with Crippen LogP contribution < -0.4 is 11.1 Å². The second-order valence-electron chi connectivity index (χ2n) is 5.03. The second kappa shape index (κ2) is 4.87. The first-order valence-electron chi connectivity index (χ1n) is 6.58. The van der Waals surface area contributed by atoms with Gasteiger partial charge in [0.2, 0.25) is 5.91 Å². The van der Waals surface area contributed by atoms with E-state index in [9.17, 15) is 4.79 Å². The molecule has 6 nitrogen and oxygen atoms in total. The third-order valence-electron chi connectivity index (χ3n) is 3.79. The van der Waals surface area contributed by atoms with Gasteiger partial charge in [-0.15, -0.1) is 0 Å². The summed E-state index contributed by atoms with van der Waals surface area (Å²) in [5.41, 5.74) is 6.31. The van der Waals surface area contributed by atoms with Gasteiger partial charge in [0.15, 0.2) is 5.82 Å². The van der Waals surface area contributed by atoms with E-state index in [1.807, 2.05) is 12.3 Å². The summed E-state index contributed by atoms with van der Waals surface area (Å²) in [6, 6.07) is 2.29. The number of anilines is 1. The zero-order valence-corrected chi connectivity index (χ0v) is 10.6. The summed E-state index contributed by atoms with van der Waals surface area (Å²) in [5.74, 6) is 0.716. The number of aromatic nitrogens is 3. The van der Waals surface area contributed by atoms with E-state index in [-0.39, 0.29) is 11.8 Å². The second-order valence-corrected chi connectivity index (χ2v) is 5.03. The number of nitrogens with two attached hydrogens (primary N) is 1. The lowest BCUT2D eigenvalue weighted by Gasteiger charge is -2.27. The maximum Gasteiger partial charge on any atom is 0.220 e. The van der Waals surface area contributed by atoms with Gasteiger partial charge in [-0.05, 0) is 31.7 Å². The SMILES string of the molecule is NC(=O)C1CCC(Nc2nccn3nccc23)CC1. The van der Waals surface area contributed by atoms with E-state index >= 15 is 0 Å². The van der Waals surface area contributed by atoms with Crippen LogP contribution in [0.5, 0.6) is 0 Å². The minimum absolute atomic E-state index is 0.0387. The number of carbonyl (C=O) groups excluding carboxylic acids is 1. The Morgan fingerprint density at radius 1 is 1.32 bits per heavy atom. The zero-order chi connectivity index (χ0) is 13.2. The molecule has 0 aliphatic heterocycles. The molecule has 0 bridgehead atoms. The number of fused-ring (bicyclic) bond motifs is 1. The zero-order valence-electron chi connectivity index (χ0n) is 10.6. The van der Waals surface area contributed by atoms with Crippen molar-refractivity contribution in [2.45, 2.75) is 31.7 Å². The topological polar surface area (TPSA) is 85.3 Å². The summed E-state index contributed by atoms with van der Waals surface area (Å²) >= 11 is 0. The van der Waals surface area contributed by atoms with E-state index in [1.54, 1.807) is 16.9 Å². The standard InChI is InChI=1S/C13H17N5O/c14-12(19)9-1-3-10(4-2-9)17-13-11-5-6-16-18(11)8-7-15-13/h5-10H,1-4H2,(H2,14,19)(H,15,17). The minimum atomic E-state index is -0.172. The molecule has 3 N–H and O–H groups in total. The summed E-state index contributed by atoms with van der Waals surface area (Å²) < 4.78 is 1.80. The smallest absolute Gasteiger partial charge is 0.220 e. The summed E-state index contributed by atoms with van der Waals surface area (Å²) in [7, 11) is 0. The van der Waals surface area contributed by atoms with Crippen LogP contribution in [0.1, 0.15) is 25.7 Å². The van der Waals surface area contributed by atoms with Gasteiger partial charge < -0.3 is 11.1 Å². The largest absolute Gasteiger partial charge is 0.369 e. The molecular weight excluding hydrogens is 242 g/mol. The molecule has 1 amide bonds. The minimum Gasteiger partial charge on any atom is -0.369 e. The Morgan fingerprint density at radius 2 is 2.11 bits per heavy atom. The maximum atomic E-state index is 11.1. The Balaban J connectivity index is 1.69. The lowest BCUT2D eigenvalue weighted by Crippen LogP contribution is -2.32. The van der Waals surface area contributed by atoms with Gasteiger partial charge in [0.25, 0.3) is 0 Å². The third kappa shape index (κ3) is 2.38. The number of hydrogen-bond acceptors (Lipinski definition) is 4. The Hall–Kier alpha value is -2.11. The first-order chi connectivity index (χ1) is 9.24. The molecule has 6 heteroatoms. The first-order valence-corrected chi connectivity index (χ1v) is 6.58.